The van der Waals surface area contributed by atoms with Gasteiger partial charge < -0.3 is 5.73 Å². The van der Waals surface area contributed by atoms with Crippen LogP contribution in [0.3, 0.4) is 0 Å². The van der Waals surface area contributed by atoms with Crippen molar-refractivity contribution in [1.82, 2.24) is 0 Å². The van der Waals surface area contributed by atoms with Crippen LogP contribution >= 0.6 is 0 Å². The predicted octanol–water partition coefficient (Wildman–Crippen LogP) is 3.38. The summed E-state index contributed by atoms with van der Waals surface area (Å²) in [5, 5.41) is 0. The first-order valence-electron chi connectivity index (χ1n) is 6.65. The summed E-state index contributed by atoms with van der Waals surface area (Å²) >= 11 is 0. The van der Waals surface area contributed by atoms with Crippen molar-refractivity contribution in [2.45, 2.75) is 43.9 Å². The van der Waals surface area contributed by atoms with Crippen LogP contribution in [-0.2, 0) is 5.41 Å². The molecule has 0 aromatic heterocycles. The lowest BCUT2D eigenvalue weighted by Gasteiger charge is -2.55. The van der Waals surface area contributed by atoms with Crippen molar-refractivity contribution >= 4 is 0 Å². The summed E-state index contributed by atoms with van der Waals surface area (Å²) in [6.45, 7) is 0.579. The van der Waals surface area contributed by atoms with Gasteiger partial charge in [-0.3, -0.25) is 0 Å². The molecule has 0 amide bonds. The number of nitrogens with two attached hydrogens (primary N) is 1. The van der Waals surface area contributed by atoms with E-state index in [1.165, 1.54) is 25.7 Å². The lowest BCUT2D eigenvalue weighted by atomic mass is 9.49. The Kier molecular flexibility index (Phi) is 2.51. The van der Waals surface area contributed by atoms with Gasteiger partial charge in [0.1, 0.15) is 5.82 Å². The number of rotatable bonds is 2. The molecule has 0 saturated heterocycles. The summed E-state index contributed by atoms with van der Waals surface area (Å²) in [6, 6.07) is 7.17. The molecule has 0 aliphatic heterocycles. The molecule has 1 spiro atoms. The largest absolute Gasteiger partial charge is 0.330 e. The van der Waals surface area contributed by atoms with Gasteiger partial charge in [0.15, 0.2) is 0 Å². The smallest absolute Gasteiger partial charge is 0.127 e. The lowest BCUT2D eigenvalue weighted by molar-refractivity contribution is 0.0306. The Balaban J connectivity index is 1.88. The third-order valence-electron chi connectivity index (χ3n) is 4.93. The van der Waals surface area contributed by atoms with Crippen molar-refractivity contribution in [3.8, 4) is 0 Å². The average molecular weight is 233 g/mol. The highest BCUT2D eigenvalue weighted by atomic mass is 19.1. The first kappa shape index (κ1) is 11.2. The maximum atomic E-state index is 13.9. The molecule has 0 unspecified atom stereocenters. The zero-order valence-corrected chi connectivity index (χ0v) is 10.2. The van der Waals surface area contributed by atoms with Gasteiger partial charge in [0, 0.05) is 12.0 Å². The Bertz CT molecular complexity index is 413. The van der Waals surface area contributed by atoms with Crippen LogP contribution in [0.1, 0.15) is 44.1 Å². The van der Waals surface area contributed by atoms with Gasteiger partial charge in [0.25, 0.3) is 0 Å². The SMILES string of the molecule is NCC1(c2ccccc2F)CC2(CCCC2)C1. The van der Waals surface area contributed by atoms with E-state index in [0.717, 1.165) is 18.4 Å². The van der Waals surface area contributed by atoms with E-state index in [1.807, 2.05) is 12.1 Å². The minimum absolute atomic E-state index is 0.0737. The Hall–Kier alpha value is -0.890. The Labute approximate surface area is 102 Å². The summed E-state index contributed by atoms with van der Waals surface area (Å²) < 4.78 is 13.9. The second kappa shape index (κ2) is 3.81. The highest BCUT2D eigenvalue weighted by Gasteiger charge is 2.55. The van der Waals surface area contributed by atoms with Crippen molar-refractivity contribution in [1.29, 1.82) is 0 Å². The maximum absolute atomic E-state index is 13.9. The molecule has 17 heavy (non-hydrogen) atoms. The van der Waals surface area contributed by atoms with E-state index in [9.17, 15) is 4.39 Å². The van der Waals surface area contributed by atoms with Crippen molar-refractivity contribution in [2.75, 3.05) is 6.54 Å². The minimum Gasteiger partial charge on any atom is -0.330 e. The van der Waals surface area contributed by atoms with E-state index in [0.29, 0.717) is 12.0 Å². The van der Waals surface area contributed by atoms with Crippen molar-refractivity contribution < 1.29 is 4.39 Å². The predicted molar refractivity (Wildman–Crippen MR) is 67.3 cm³/mol. The molecule has 2 fully saturated rings. The summed E-state index contributed by atoms with van der Waals surface area (Å²) in [7, 11) is 0. The van der Waals surface area contributed by atoms with Crippen LogP contribution < -0.4 is 5.73 Å². The Morgan fingerprint density at radius 1 is 1.12 bits per heavy atom. The molecule has 2 aliphatic rings. The topological polar surface area (TPSA) is 26.0 Å². The summed E-state index contributed by atoms with van der Waals surface area (Å²) in [6.07, 6.45) is 7.52. The van der Waals surface area contributed by atoms with Crippen LogP contribution in [0.5, 0.6) is 0 Å². The monoisotopic (exact) mass is 233 g/mol. The van der Waals surface area contributed by atoms with E-state index in [-0.39, 0.29) is 11.2 Å². The Morgan fingerprint density at radius 3 is 2.35 bits per heavy atom. The average Bonchev–Trinajstić information content (AvgIpc) is 2.76. The van der Waals surface area contributed by atoms with Crippen molar-refractivity contribution in [3.05, 3.63) is 35.6 Å². The first-order chi connectivity index (χ1) is 8.20. The molecule has 2 saturated carbocycles. The molecule has 0 bridgehead atoms. The molecular formula is C15H20FN. The molecule has 2 heteroatoms. The van der Waals surface area contributed by atoms with Gasteiger partial charge in [-0.2, -0.15) is 0 Å². The molecule has 1 aromatic carbocycles. The number of hydrogen-bond acceptors (Lipinski definition) is 1. The highest BCUT2D eigenvalue weighted by Crippen LogP contribution is 2.62. The van der Waals surface area contributed by atoms with Gasteiger partial charge in [-0.15, -0.1) is 0 Å². The van der Waals surface area contributed by atoms with E-state index in [1.54, 1.807) is 12.1 Å². The third-order valence-corrected chi connectivity index (χ3v) is 4.93. The van der Waals surface area contributed by atoms with Crippen LogP contribution in [-0.4, -0.2) is 6.54 Å². The molecule has 1 aromatic rings. The van der Waals surface area contributed by atoms with Crippen molar-refractivity contribution in [2.24, 2.45) is 11.1 Å². The normalized spacial score (nSPS) is 24.8. The first-order valence-corrected chi connectivity index (χ1v) is 6.65. The summed E-state index contributed by atoms with van der Waals surface area (Å²) in [5.41, 5.74) is 7.23. The molecule has 2 aliphatic carbocycles. The summed E-state index contributed by atoms with van der Waals surface area (Å²) in [5.74, 6) is -0.0780. The van der Waals surface area contributed by atoms with E-state index in [4.69, 9.17) is 5.73 Å². The standard InChI is InChI=1S/C15H20FN/c16-13-6-2-1-5-12(13)15(11-17)9-14(10-15)7-3-4-8-14/h1-2,5-6H,3-4,7-11,17H2. The second-order valence-electron chi connectivity index (χ2n) is 6.02. The maximum Gasteiger partial charge on any atom is 0.127 e. The van der Waals surface area contributed by atoms with Gasteiger partial charge >= 0.3 is 0 Å². The van der Waals surface area contributed by atoms with Gasteiger partial charge in [0.05, 0.1) is 0 Å². The number of halogens is 1. The fourth-order valence-corrected chi connectivity index (χ4v) is 4.20. The number of hydrogen-bond donors (Lipinski definition) is 1. The fourth-order valence-electron chi connectivity index (χ4n) is 4.20. The number of benzene rings is 1. The van der Waals surface area contributed by atoms with Crippen LogP contribution in [0.15, 0.2) is 24.3 Å². The molecular weight excluding hydrogens is 213 g/mol. The fraction of sp³-hybridized carbons (Fsp3) is 0.600. The van der Waals surface area contributed by atoms with Crippen molar-refractivity contribution in [3.63, 3.8) is 0 Å². The molecule has 3 rings (SSSR count). The zero-order valence-electron chi connectivity index (χ0n) is 10.2. The minimum atomic E-state index is -0.0780. The van der Waals surface area contributed by atoms with Gasteiger partial charge in [-0.25, -0.2) is 4.39 Å². The zero-order chi connectivity index (χ0) is 11.9. The quantitative estimate of drug-likeness (QED) is 0.832. The third kappa shape index (κ3) is 1.61. The van der Waals surface area contributed by atoms with E-state index in [2.05, 4.69) is 0 Å². The van der Waals surface area contributed by atoms with Gasteiger partial charge in [0.2, 0.25) is 0 Å². The molecule has 2 N–H and O–H groups in total. The van der Waals surface area contributed by atoms with Gasteiger partial charge in [-0.05, 0) is 42.7 Å². The molecule has 0 heterocycles. The lowest BCUT2D eigenvalue weighted by Crippen LogP contribution is -2.53. The van der Waals surface area contributed by atoms with Crippen LogP contribution in [0.2, 0.25) is 0 Å². The molecule has 0 atom stereocenters. The molecule has 0 radical (unpaired) electrons. The molecule has 1 nitrogen and oxygen atoms in total. The van der Waals surface area contributed by atoms with E-state index < -0.39 is 0 Å². The highest BCUT2D eigenvalue weighted by molar-refractivity contribution is 5.33. The van der Waals surface area contributed by atoms with Gasteiger partial charge in [-0.1, -0.05) is 31.0 Å². The van der Waals surface area contributed by atoms with Crippen LogP contribution in [0.25, 0.3) is 0 Å². The molecule has 92 valence electrons. The second-order valence-corrected chi connectivity index (χ2v) is 6.02. The van der Waals surface area contributed by atoms with Crippen LogP contribution in [0, 0.1) is 11.2 Å². The van der Waals surface area contributed by atoms with E-state index >= 15 is 0 Å². The Morgan fingerprint density at radius 2 is 1.76 bits per heavy atom. The summed E-state index contributed by atoms with van der Waals surface area (Å²) in [4.78, 5) is 0. The van der Waals surface area contributed by atoms with Crippen LogP contribution in [0.4, 0.5) is 4.39 Å².